The maximum atomic E-state index is 12.9. The Morgan fingerprint density at radius 2 is 1.96 bits per heavy atom. The number of morpholine rings is 1. The van der Waals surface area contributed by atoms with Gasteiger partial charge in [-0.15, -0.1) is 0 Å². The fourth-order valence-corrected chi connectivity index (χ4v) is 2.88. The summed E-state index contributed by atoms with van der Waals surface area (Å²) in [7, 11) is 0. The van der Waals surface area contributed by atoms with Gasteiger partial charge in [-0.2, -0.15) is 13.2 Å². The number of anilines is 2. The summed E-state index contributed by atoms with van der Waals surface area (Å²) in [5.41, 5.74) is 0.415. The monoisotopic (exact) mass is 364 g/mol. The Bertz CT molecular complexity index is 792. The summed E-state index contributed by atoms with van der Waals surface area (Å²) in [6, 6.07) is 11.7. The number of benzene rings is 2. The molecular weight excluding hydrogens is 345 g/mol. The molecule has 0 unspecified atom stereocenters. The van der Waals surface area contributed by atoms with Crippen molar-refractivity contribution >= 4 is 17.3 Å². The molecule has 2 aromatic rings. The van der Waals surface area contributed by atoms with Crippen molar-refractivity contribution in [3.63, 3.8) is 0 Å². The lowest BCUT2D eigenvalue weighted by Gasteiger charge is -2.31. The number of rotatable bonds is 3. The van der Waals surface area contributed by atoms with Gasteiger partial charge in [-0.25, -0.2) is 0 Å². The molecule has 0 saturated carbocycles. The number of ether oxygens (including phenoxy) is 1. The first-order chi connectivity index (χ1) is 12.3. The van der Waals surface area contributed by atoms with E-state index in [1.165, 1.54) is 12.1 Å². The highest BCUT2D eigenvalue weighted by atomic mass is 19.4. The van der Waals surface area contributed by atoms with Crippen molar-refractivity contribution in [1.29, 1.82) is 0 Å². The van der Waals surface area contributed by atoms with Crippen LogP contribution in [0.3, 0.4) is 0 Å². The first kappa shape index (κ1) is 18.3. The third kappa shape index (κ3) is 4.16. The van der Waals surface area contributed by atoms with Crippen molar-refractivity contribution in [3.8, 4) is 0 Å². The van der Waals surface area contributed by atoms with Crippen LogP contribution in [0.4, 0.5) is 24.5 Å². The minimum absolute atomic E-state index is 0.0451. The van der Waals surface area contributed by atoms with E-state index in [1.807, 2.05) is 6.92 Å². The molecule has 1 aliphatic rings. The first-order valence-electron chi connectivity index (χ1n) is 8.29. The summed E-state index contributed by atoms with van der Waals surface area (Å²) >= 11 is 0. The van der Waals surface area contributed by atoms with Crippen molar-refractivity contribution in [3.05, 3.63) is 59.7 Å². The number of alkyl halides is 3. The second kappa shape index (κ2) is 7.37. The zero-order valence-corrected chi connectivity index (χ0v) is 14.2. The van der Waals surface area contributed by atoms with Crippen LogP contribution in [0.15, 0.2) is 48.5 Å². The van der Waals surface area contributed by atoms with Gasteiger partial charge in [-0.3, -0.25) is 4.79 Å². The van der Waals surface area contributed by atoms with Crippen molar-refractivity contribution in [2.75, 3.05) is 25.0 Å². The van der Waals surface area contributed by atoms with Gasteiger partial charge in [0.25, 0.3) is 5.91 Å². The van der Waals surface area contributed by atoms with Gasteiger partial charge in [0.2, 0.25) is 0 Å². The third-order valence-electron chi connectivity index (χ3n) is 4.15. The van der Waals surface area contributed by atoms with Crippen LogP contribution in [-0.2, 0) is 10.9 Å². The number of nitrogens with one attached hydrogen (secondary N) is 1. The van der Waals surface area contributed by atoms with Gasteiger partial charge in [0, 0.05) is 18.8 Å². The van der Waals surface area contributed by atoms with E-state index in [9.17, 15) is 18.0 Å². The normalized spacial score (nSPS) is 17.8. The predicted octanol–water partition coefficient (Wildman–Crippen LogP) is 4.31. The number of halogens is 3. The molecule has 0 radical (unpaired) electrons. The van der Waals surface area contributed by atoms with E-state index in [-0.39, 0.29) is 17.7 Å². The zero-order chi connectivity index (χ0) is 18.7. The van der Waals surface area contributed by atoms with Gasteiger partial charge < -0.3 is 15.0 Å². The van der Waals surface area contributed by atoms with Crippen LogP contribution >= 0.6 is 0 Å². The molecule has 0 spiro atoms. The van der Waals surface area contributed by atoms with E-state index < -0.39 is 11.7 Å². The van der Waals surface area contributed by atoms with Crippen LogP contribution in [0.5, 0.6) is 0 Å². The number of carbonyl (C=O) groups is 1. The molecule has 26 heavy (non-hydrogen) atoms. The molecule has 0 aliphatic carbocycles. The Hall–Kier alpha value is -2.54. The Morgan fingerprint density at radius 3 is 2.69 bits per heavy atom. The standard InChI is InChI=1S/C19H19F3N2O2/c1-13-12-24(9-10-26-13)18(25)16-7-2-3-8-17(16)23-15-6-4-5-14(11-15)19(20,21)22/h2-8,11,13,23H,9-10,12H2,1H3/t13-/m1/s1. The van der Waals surface area contributed by atoms with E-state index >= 15 is 0 Å². The third-order valence-corrected chi connectivity index (χ3v) is 4.15. The summed E-state index contributed by atoms with van der Waals surface area (Å²) in [5, 5.41) is 2.94. The van der Waals surface area contributed by atoms with Crippen LogP contribution in [0.1, 0.15) is 22.8 Å². The smallest absolute Gasteiger partial charge is 0.375 e. The summed E-state index contributed by atoms with van der Waals surface area (Å²) in [5.74, 6) is -0.171. The molecule has 1 amide bonds. The Morgan fingerprint density at radius 1 is 1.19 bits per heavy atom. The maximum Gasteiger partial charge on any atom is 0.416 e. The van der Waals surface area contributed by atoms with E-state index in [2.05, 4.69) is 5.32 Å². The number of hydrogen-bond donors (Lipinski definition) is 1. The highest BCUT2D eigenvalue weighted by molar-refractivity contribution is 6.00. The largest absolute Gasteiger partial charge is 0.416 e. The zero-order valence-electron chi connectivity index (χ0n) is 14.2. The minimum atomic E-state index is -4.42. The van der Waals surface area contributed by atoms with Crippen LogP contribution in [-0.4, -0.2) is 36.6 Å². The highest BCUT2D eigenvalue weighted by Crippen LogP contribution is 2.32. The van der Waals surface area contributed by atoms with Crippen molar-refractivity contribution in [1.82, 2.24) is 4.90 Å². The Labute approximate surface area is 149 Å². The first-order valence-corrected chi connectivity index (χ1v) is 8.29. The summed E-state index contributed by atoms with van der Waals surface area (Å²) < 4.78 is 44.1. The number of nitrogens with zero attached hydrogens (tertiary/aromatic N) is 1. The quantitative estimate of drug-likeness (QED) is 0.882. The van der Waals surface area contributed by atoms with Crippen molar-refractivity contribution in [2.45, 2.75) is 19.2 Å². The van der Waals surface area contributed by atoms with Gasteiger partial charge in [-0.05, 0) is 37.3 Å². The number of carbonyl (C=O) groups excluding carboxylic acids is 1. The number of amides is 1. The molecule has 7 heteroatoms. The maximum absolute atomic E-state index is 12.9. The molecule has 1 heterocycles. The summed E-state index contributed by atoms with van der Waals surface area (Å²) in [6.45, 7) is 3.33. The molecule has 138 valence electrons. The van der Waals surface area contributed by atoms with Gasteiger partial charge in [-0.1, -0.05) is 18.2 Å². The summed E-state index contributed by atoms with van der Waals surface area (Å²) in [6.07, 6.45) is -4.46. The lowest BCUT2D eigenvalue weighted by atomic mass is 10.1. The second-order valence-electron chi connectivity index (χ2n) is 6.18. The molecule has 1 N–H and O–H groups in total. The molecule has 4 nitrogen and oxygen atoms in total. The fourth-order valence-electron chi connectivity index (χ4n) is 2.88. The molecular formula is C19H19F3N2O2. The molecule has 2 aromatic carbocycles. The van der Waals surface area contributed by atoms with Gasteiger partial charge in [0.05, 0.1) is 29.5 Å². The number of para-hydroxylation sites is 1. The van der Waals surface area contributed by atoms with E-state index in [0.29, 0.717) is 30.9 Å². The number of hydrogen-bond acceptors (Lipinski definition) is 3. The van der Waals surface area contributed by atoms with Gasteiger partial charge >= 0.3 is 6.18 Å². The van der Waals surface area contributed by atoms with Crippen LogP contribution in [0.25, 0.3) is 0 Å². The fraction of sp³-hybridized carbons (Fsp3) is 0.316. The SMILES string of the molecule is C[C@@H]1CN(C(=O)c2ccccc2Nc2cccc(C(F)(F)F)c2)CCO1. The van der Waals surface area contributed by atoms with Crippen LogP contribution < -0.4 is 5.32 Å². The Balaban J connectivity index is 1.85. The molecule has 1 atom stereocenters. The predicted molar refractivity (Wildman–Crippen MR) is 92.5 cm³/mol. The molecule has 1 aliphatic heterocycles. The second-order valence-corrected chi connectivity index (χ2v) is 6.18. The molecule has 1 fully saturated rings. The van der Waals surface area contributed by atoms with Crippen molar-refractivity contribution in [2.24, 2.45) is 0 Å². The van der Waals surface area contributed by atoms with E-state index in [4.69, 9.17) is 4.74 Å². The van der Waals surface area contributed by atoms with Crippen LogP contribution in [0.2, 0.25) is 0 Å². The molecule has 1 saturated heterocycles. The highest BCUT2D eigenvalue weighted by Gasteiger charge is 2.30. The molecule has 0 aromatic heterocycles. The van der Waals surface area contributed by atoms with Gasteiger partial charge in [0.15, 0.2) is 0 Å². The minimum Gasteiger partial charge on any atom is -0.375 e. The van der Waals surface area contributed by atoms with E-state index in [1.54, 1.807) is 29.2 Å². The van der Waals surface area contributed by atoms with E-state index in [0.717, 1.165) is 12.1 Å². The lowest BCUT2D eigenvalue weighted by molar-refractivity contribution is -0.137. The van der Waals surface area contributed by atoms with Gasteiger partial charge in [0.1, 0.15) is 0 Å². The average Bonchev–Trinajstić information content (AvgIpc) is 2.61. The summed E-state index contributed by atoms with van der Waals surface area (Å²) in [4.78, 5) is 14.5. The van der Waals surface area contributed by atoms with Crippen LogP contribution in [0, 0.1) is 0 Å². The lowest BCUT2D eigenvalue weighted by Crippen LogP contribution is -2.44. The molecule has 0 bridgehead atoms. The van der Waals surface area contributed by atoms with Crippen molar-refractivity contribution < 1.29 is 22.7 Å². The molecule has 3 rings (SSSR count). The average molecular weight is 364 g/mol. The topological polar surface area (TPSA) is 41.6 Å². The Kier molecular flexibility index (Phi) is 5.18.